The molecule has 0 radical (unpaired) electrons. The molecule has 1 heterocycles. The van der Waals surface area contributed by atoms with Gasteiger partial charge in [-0.3, -0.25) is 4.79 Å². The molecular formula is C6H8NO3PS. The fraction of sp³-hybridized carbons (Fsp3) is 0.333. The minimum absolute atomic E-state index is 0.323. The Kier molecular flexibility index (Phi) is 2.65. The highest BCUT2D eigenvalue weighted by molar-refractivity contribution is 7.71. The molecule has 0 saturated carbocycles. The molecule has 0 fully saturated rings. The van der Waals surface area contributed by atoms with E-state index in [1.165, 1.54) is 18.0 Å². The number of hydrogen-bond donors (Lipinski definition) is 1. The first-order valence-corrected chi connectivity index (χ1v) is 6.47. The number of thiazole rings is 1. The van der Waals surface area contributed by atoms with E-state index in [9.17, 15) is 9.36 Å². The van der Waals surface area contributed by atoms with E-state index in [2.05, 4.69) is 4.98 Å². The normalized spacial score (nSPS) is 15.4. The first kappa shape index (κ1) is 9.42. The second kappa shape index (κ2) is 3.37. The minimum Gasteiger partial charge on any atom is -0.481 e. The zero-order chi connectivity index (χ0) is 9.19. The fourth-order valence-electron chi connectivity index (χ4n) is 0.779. The fourth-order valence-corrected chi connectivity index (χ4v) is 3.33. The van der Waals surface area contributed by atoms with Crippen LogP contribution in [0.4, 0.5) is 0 Å². The van der Waals surface area contributed by atoms with Crippen molar-refractivity contribution in [2.75, 3.05) is 12.8 Å². The first-order valence-electron chi connectivity index (χ1n) is 3.19. The Balaban J connectivity index is 2.87. The molecule has 0 amide bonds. The van der Waals surface area contributed by atoms with E-state index in [0.29, 0.717) is 5.44 Å². The molecular weight excluding hydrogens is 197 g/mol. The minimum atomic E-state index is -2.75. The Bertz CT molecular complexity index is 322. The predicted octanol–water partition coefficient (Wildman–Crippen LogP) is 0.846. The number of aliphatic carboxylic acids is 1. The number of carboxylic acid groups (broad SMARTS) is 1. The van der Waals surface area contributed by atoms with Crippen molar-refractivity contribution in [1.82, 2.24) is 4.98 Å². The lowest BCUT2D eigenvalue weighted by molar-refractivity contribution is -0.134. The Labute approximate surface area is 73.6 Å². The van der Waals surface area contributed by atoms with Gasteiger partial charge in [0.1, 0.15) is 18.7 Å². The lowest BCUT2D eigenvalue weighted by Crippen LogP contribution is -2.13. The molecule has 0 aliphatic heterocycles. The number of carboxylic acids is 1. The molecule has 6 heteroatoms. The van der Waals surface area contributed by atoms with E-state index < -0.39 is 13.1 Å². The quantitative estimate of drug-likeness (QED) is 0.742. The molecule has 1 unspecified atom stereocenters. The Morgan fingerprint density at radius 2 is 2.50 bits per heavy atom. The highest BCUT2D eigenvalue weighted by atomic mass is 32.1. The summed E-state index contributed by atoms with van der Waals surface area (Å²) < 4.78 is 11.7. The molecule has 0 spiro atoms. The summed E-state index contributed by atoms with van der Waals surface area (Å²) in [6.45, 7) is 1.44. The summed E-state index contributed by atoms with van der Waals surface area (Å²) in [5.74, 6) is -1.05. The zero-order valence-corrected chi connectivity index (χ0v) is 8.14. The van der Waals surface area contributed by atoms with E-state index >= 15 is 0 Å². The average Bonchev–Trinajstić information content (AvgIpc) is 2.32. The second-order valence-corrected chi connectivity index (χ2v) is 6.19. The topological polar surface area (TPSA) is 67.3 Å². The molecule has 0 bridgehead atoms. The summed E-state index contributed by atoms with van der Waals surface area (Å²) >= 11 is 1.32. The summed E-state index contributed by atoms with van der Waals surface area (Å²) in [6, 6.07) is 0. The van der Waals surface area contributed by atoms with Crippen LogP contribution < -0.4 is 5.44 Å². The number of nitrogens with zero attached hydrogens (tertiary/aromatic N) is 1. The molecule has 66 valence electrons. The van der Waals surface area contributed by atoms with Crippen LogP contribution >= 0.6 is 18.5 Å². The van der Waals surface area contributed by atoms with Gasteiger partial charge >= 0.3 is 5.97 Å². The Morgan fingerprint density at radius 1 is 1.83 bits per heavy atom. The van der Waals surface area contributed by atoms with E-state index in [1.54, 1.807) is 10.9 Å². The molecule has 1 rings (SSSR count). The predicted molar refractivity (Wildman–Crippen MR) is 47.8 cm³/mol. The SMILES string of the molecule is CP(=O)(CC(=O)O)c1cscn1. The van der Waals surface area contributed by atoms with Crippen LogP contribution in [0.5, 0.6) is 0 Å². The number of aromatic nitrogens is 1. The standard InChI is InChI=1S/C6H8NO3PS/c1-11(10,2-6(8)9)5-3-12-4-7-5/h3-4H,2H2,1H3,(H,8,9). The van der Waals surface area contributed by atoms with Crippen molar-refractivity contribution in [3.63, 3.8) is 0 Å². The Morgan fingerprint density at radius 3 is 2.92 bits per heavy atom. The van der Waals surface area contributed by atoms with Gasteiger partial charge in [0.05, 0.1) is 5.51 Å². The summed E-state index contributed by atoms with van der Waals surface area (Å²) in [4.78, 5) is 14.1. The highest BCUT2D eigenvalue weighted by Crippen LogP contribution is 2.38. The molecule has 1 N–H and O–H groups in total. The van der Waals surface area contributed by atoms with E-state index in [1.807, 2.05) is 0 Å². The van der Waals surface area contributed by atoms with Crippen molar-refractivity contribution >= 4 is 29.9 Å². The molecule has 0 aromatic carbocycles. The van der Waals surface area contributed by atoms with Crippen LogP contribution in [-0.2, 0) is 9.36 Å². The van der Waals surface area contributed by atoms with Gasteiger partial charge in [-0.15, -0.1) is 11.3 Å². The van der Waals surface area contributed by atoms with Gasteiger partial charge in [0, 0.05) is 5.38 Å². The second-order valence-electron chi connectivity index (χ2n) is 2.50. The van der Waals surface area contributed by atoms with Crippen LogP contribution in [0.2, 0.25) is 0 Å². The van der Waals surface area contributed by atoms with Crippen LogP contribution in [0.1, 0.15) is 0 Å². The number of hydrogen-bond acceptors (Lipinski definition) is 4. The van der Waals surface area contributed by atoms with Gasteiger partial charge in [-0.2, -0.15) is 0 Å². The lowest BCUT2D eigenvalue weighted by atomic mass is 10.8. The summed E-state index contributed by atoms with van der Waals surface area (Å²) in [5, 5.41) is 10.1. The van der Waals surface area contributed by atoms with Gasteiger partial charge in [-0.1, -0.05) is 0 Å². The maximum atomic E-state index is 11.7. The zero-order valence-electron chi connectivity index (χ0n) is 6.43. The van der Waals surface area contributed by atoms with Crippen molar-refractivity contribution in [3.05, 3.63) is 10.9 Å². The van der Waals surface area contributed by atoms with Crippen molar-refractivity contribution in [2.45, 2.75) is 0 Å². The van der Waals surface area contributed by atoms with Gasteiger partial charge in [0.25, 0.3) is 0 Å². The maximum absolute atomic E-state index is 11.7. The maximum Gasteiger partial charge on any atom is 0.311 e. The molecule has 1 aromatic rings. The molecule has 1 atom stereocenters. The Hall–Kier alpha value is -0.670. The van der Waals surface area contributed by atoms with Gasteiger partial charge in [-0.05, 0) is 6.66 Å². The van der Waals surface area contributed by atoms with Gasteiger partial charge in [-0.25, -0.2) is 4.98 Å². The van der Waals surface area contributed by atoms with E-state index in [-0.39, 0.29) is 6.16 Å². The van der Waals surface area contributed by atoms with Gasteiger partial charge in [0.15, 0.2) is 0 Å². The third-order valence-electron chi connectivity index (χ3n) is 1.34. The molecule has 0 saturated heterocycles. The lowest BCUT2D eigenvalue weighted by Gasteiger charge is -2.05. The van der Waals surface area contributed by atoms with Crippen molar-refractivity contribution in [1.29, 1.82) is 0 Å². The van der Waals surface area contributed by atoms with Crippen molar-refractivity contribution in [3.8, 4) is 0 Å². The van der Waals surface area contributed by atoms with Crippen LogP contribution in [-0.4, -0.2) is 28.9 Å². The number of rotatable bonds is 3. The molecule has 0 aliphatic carbocycles. The average molecular weight is 205 g/mol. The first-order chi connectivity index (χ1) is 5.52. The summed E-state index contributed by atoms with van der Waals surface area (Å²) in [5.41, 5.74) is 1.96. The van der Waals surface area contributed by atoms with E-state index in [4.69, 9.17) is 5.11 Å². The van der Waals surface area contributed by atoms with E-state index in [0.717, 1.165) is 0 Å². The monoisotopic (exact) mass is 205 g/mol. The van der Waals surface area contributed by atoms with Crippen LogP contribution in [0, 0.1) is 0 Å². The number of carbonyl (C=O) groups is 1. The summed E-state index contributed by atoms with van der Waals surface area (Å²) in [6.07, 6.45) is -0.323. The third-order valence-corrected chi connectivity index (χ3v) is 4.19. The van der Waals surface area contributed by atoms with Crippen LogP contribution in [0.25, 0.3) is 0 Å². The van der Waals surface area contributed by atoms with Crippen LogP contribution in [0.3, 0.4) is 0 Å². The third kappa shape index (κ3) is 2.16. The molecule has 0 aliphatic rings. The van der Waals surface area contributed by atoms with Crippen molar-refractivity contribution < 1.29 is 14.5 Å². The smallest absolute Gasteiger partial charge is 0.311 e. The largest absolute Gasteiger partial charge is 0.481 e. The summed E-state index contributed by atoms with van der Waals surface area (Å²) in [7, 11) is -2.75. The highest BCUT2D eigenvalue weighted by Gasteiger charge is 2.23. The van der Waals surface area contributed by atoms with Gasteiger partial charge in [0.2, 0.25) is 0 Å². The molecule has 1 aromatic heterocycles. The van der Waals surface area contributed by atoms with Crippen molar-refractivity contribution in [2.24, 2.45) is 0 Å². The van der Waals surface area contributed by atoms with Gasteiger partial charge < -0.3 is 9.67 Å². The molecule has 12 heavy (non-hydrogen) atoms. The van der Waals surface area contributed by atoms with Crippen LogP contribution in [0.15, 0.2) is 10.9 Å². The molecule has 4 nitrogen and oxygen atoms in total.